The second-order valence-electron chi connectivity index (χ2n) is 6.45. The maximum atomic E-state index is 12.2. The van der Waals surface area contributed by atoms with Gasteiger partial charge in [0, 0.05) is 29.5 Å². The number of rotatable bonds is 9. The lowest BCUT2D eigenvalue weighted by molar-refractivity contribution is -0.116. The van der Waals surface area contributed by atoms with E-state index >= 15 is 0 Å². The monoisotopic (exact) mass is 444 g/mol. The van der Waals surface area contributed by atoms with Gasteiger partial charge in [0.05, 0.1) is 12.7 Å². The Morgan fingerprint density at radius 2 is 1.80 bits per heavy atom. The lowest BCUT2D eigenvalue weighted by atomic mass is 10.2. The SMILES string of the molecule is O=C(CCNS(=O)(=O)/C=C/c1ccccc1)Nc1ccnn1Cc1ccc(Cl)cc1. The fourth-order valence-corrected chi connectivity index (χ4v) is 3.57. The van der Waals surface area contributed by atoms with Gasteiger partial charge in [0.1, 0.15) is 5.82 Å². The predicted molar refractivity (Wildman–Crippen MR) is 118 cm³/mol. The van der Waals surface area contributed by atoms with Gasteiger partial charge in [-0.1, -0.05) is 54.1 Å². The van der Waals surface area contributed by atoms with E-state index in [-0.39, 0.29) is 18.9 Å². The van der Waals surface area contributed by atoms with Gasteiger partial charge in [-0.2, -0.15) is 5.10 Å². The van der Waals surface area contributed by atoms with Gasteiger partial charge >= 0.3 is 0 Å². The normalized spacial score (nSPS) is 11.6. The van der Waals surface area contributed by atoms with Gasteiger partial charge in [0.25, 0.3) is 0 Å². The minimum atomic E-state index is -3.63. The molecule has 30 heavy (non-hydrogen) atoms. The smallest absolute Gasteiger partial charge is 0.233 e. The van der Waals surface area contributed by atoms with Crippen LogP contribution in [0.3, 0.4) is 0 Å². The van der Waals surface area contributed by atoms with Crippen LogP contribution in [-0.4, -0.2) is 30.7 Å². The van der Waals surface area contributed by atoms with E-state index in [0.29, 0.717) is 17.4 Å². The van der Waals surface area contributed by atoms with Gasteiger partial charge in [-0.25, -0.2) is 17.8 Å². The molecule has 0 saturated heterocycles. The zero-order valence-corrected chi connectivity index (χ0v) is 17.6. The van der Waals surface area contributed by atoms with E-state index in [2.05, 4.69) is 15.1 Å². The van der Waals surface area contributed by atoms with Gasteiger partial charge in [-0.05, 0) is 29.3 Å². The molecule has 2 N–H and O–H groups in total. The lowest BCUT2D eigenvalue weighted by Crippen LogP contribution is -2.26. The number of benzene rings is 2. The average Bonchev–Trinajstić information content (AvgIpc) is 3.15. The maximum absolute atomic E-state index is 12.2. The molecule has 0 bridgehead atoms. The first-order valence-corrected chi connectivity index (χ1v) is 11.1. The Hall–Kier alpha value is -2.94. The van der Waals surface area contributed by atoms with E-state index in [4.69, 9.17) is 11.6 Å². The van der Waals surface area contributed by atoms with E-state index in [1.807, 2.05) is 30.3 Å². The number of amides is 1. The first kappa shape index (κ1) is 21.8. The second kappa shape index (κ2) is 10.2. The number of carbonyl (C=O) groups excluding carboxylic acids is 1. The van der Waals surface area contributed by atoms with Crippen LogP contribution in [0.4, 0.5) is 5.82 Å². The number of nitrogens with one attached hydrogen (secondary N) is 2. The third kappa shape index (κ3) is 6.84. The summed E-state index contributed by atoms with van der Waals surface area (Å²) in [5, 5.41) is 8.69. The zero-order valence-electron chi connectivity index (χ0n) is 16.0. The Morgan fingerprint density at radius 3 is 2.53 bits per heavy atom. The van der Waals surface area contributed by atoms with Crippen LogP contribution in [0.5, 0.6) is 0 Å². The number of hydrogen-bond donors (Lipinski definition) is 2. The third-order valence-corrected chi connectivity index (χ3v) is 5.48. The summed E-state index contributed by atoms with van der Waals surface area (Å²) in [6.07, 6.45) is 3.07. The van der Waals surface area contributed by atoms with Gasteiger partial charge in [0.15, 0.2) is 0 Å². The number of nitrogens with zero attached hydrogens (tertiary/aromatic N) is 2. The van der Waals surface area contributed by atoms with E-state index in [9.17, 15) is 13.2 Å². The average molecular weight is 445 g/mol. The molecule has 9 heteroatoms. The summed E-state index contributed by atoms with van der Waals surface area (Å²) in [7, 11) is -3.63. The fraction of sp³-hybridized carbons (Fsp3) is 0.143. The molecule has 0 spiro atoms. The van der Waals surface area contributed by atoms with E-state index in [1.54, 1.807) is 41.2 Å². The van der Waals surface area contributed by atoms with Crippen molar-refractivity contribution in [3.63, 3.8) is 0 Å². The van der Waals surface area contributed by atoms with Gasteiger partial charge in [0.2, 0.25) is 15.9 Å². The molecule has 7 nitrogen and oxygen atoms in total. The molecular formula is C21H21ClN4O3S. The maximum Gasteiger partial charge on any atom is 0.233 e. The largest absolute Gasteiger partial charge is 0.311 e. The van der Waals surface area contributed by atoms with Crippen LogP contribution in [0, 0.1) is 0 Å². The quantitative estimate of drug-likeness (QED) is 0.528. The summed E-state index contributed by atoms with van der Waals surface area (Å²) >= 11 is 5.89. The van der Waals surface area contributed by atoms with Crippen LogP contribution in [0.2, 0.25) is 5.02 Å². The highest BCUT2D eigenvalue weighted by Gasteiger charge is 2.10. The Labute approximate surface area is 180 Å². The number of halogens is 1. The summed E-state index contributed by atoms with van der Waals surface area (Å²) in [4.78, 5) is 12.2. The molecule has 0 radical (unpaired) electrons. The highest BCUT2D eigenvalue weighted by Crippen LogP contribution is 2.13. The van der Waals surface area contributed by atoms with Crippen molar-refractivity contribution in [3.8, 4) is 0 Å². The Morgan fingerprint density at radius 1 is 1.07 bits per heavy atom. The molecule has 0 saturated carbocycles. The van der Waals surface area contributed by atoms with Gasteiger partial charge < -0.3 is 5.32 Å². The first-order chi connectivity index (χ1) is 14.4. The van der Waals surface area contributed by atoms with Crippen molar-refractivity contribution in [2.75, 3.05) is 11.9 Å². The fourth-order valence-electron chi connectivity index (χ4n) is 2.62. The molecule has 156 valence electrons. The highest BCUT2D eigenvalue weighted by atomic mass is 35.5. The van der Waals surface area contributed by atoms with Crippen molar-refractivity contribution < 1.29 is 13.2 Å². The third-order valence-electron chi connectivity index (χ3n) is 4.12. The minimum Gasteiger partial charge on any atom is -0.311 e. The molecule has 0 aliphatic rings. The molecule has 0 atom stereocenters. The molecule has 1 heterocycles. The van der Waals surface area contributed by atoms with Crippen molar-refractivity contribution in [3.05, 3.63) is 88.4 Å². The molecule has 3 rings (SSSR count). The molecule has 1 aromatic heterocycles. The standard InChI is InChI=1S/C21H21ClN4O3S/c22-19-8-6-18(7-9-19)16-26-20(10-13-23-26)25-21(27)11-14-24-30(28,29)15-12-17-4-2-1-3-5-17/h1-10,12-13,15,24H,11,14,16H2,(H,25,27)/b15-12+. The van der Waals surface area contributed by atoms with Crippen LogP contribution < -0.4 is 10.0 Å². The van der Waals surface area contributed by atoms with Crippen LogP contribution in [-0.2, 0) is 21.4 Å². The van der Waals surface area contributed by atoms with Gasteiger partial charge in [-0.3, -0.25) is 4.79 Å². The highest BCUT2D eigenvalue weighted by molar-refractivity contribution is 7.92. The number of aromatic nitrogens is 2. The predicted octanol–water partition coefficient (Wildman–Crippen LogP) is 3.50. The molecule has 2 aromatic carbocycles. The van der Waals surface area contributed by atoms with Crippen LogP contribution in [0.1, 0.15) is 17.5 Å². The molecule has 1 amide bonds. The van der Waals surface area contributed by atoms with Crippen molar-refractivity contribution in [1.29, 1.82) is 0 Å². The van der Waals surface area contributed by atoms with Crippen LogP contribution in [0.15, 0.2) is 72.3 Å². The lowest BCUT2D eigenvalue weighted by Gasteiger charge is -2.09. The molecular weight excluding hydrogens is 424 g/mol. The molecule has 0 unspecified atom stereocenters. The minimum absolute atomic E-state index is 0.00939. The molecule has 3 aromatic rings. The van der Waals surface area contributed by atoms with Gasteiger partial charge in [-0.15, -0.1) is 0 Å². The molecule has 0 aliphatic carbocycles. The Bertz CT molecular complexity index is 1110. The summed E-state index contributed by atoms with van der Waals surface area (Å²) in [6, 6.07) is 18.1. The number of hydrogen-bond acceptors (Lipinski definition) is 4. The summed E-state index contributed by atoms with van der Waals surface area (Å²) < 4.78 is 28.1. The number of carbonyl (C=O) groups is 1. The number of anilines is 1. The summed E-state index contributed by atoms with van der Waals surface area (Å²) in [6.45, 7) is 0.454. The summed E-state index contributed by atoms with van der Waals surface area (Å²) in [5.74, 6) is 0.212. The van der Waals surface area contributed by atoms with E-state index in [0.717, 1.165) is 16.5 Å². The zero-order chi connectivity index (χ0) is 21.4. The van der Waals surface area contributed by atoms with E-state index in [1.165, 1.54) is 6.08 Å². The Kier molecular flexibility index (Phi) is 7.40. The first-order valence-electron chi connectivity index (χ1n) is 9.20. The van der Waals surface area contributed by atoms with Crippen molar-refractivity contribution >= 4 is 39.4 Å². The van der Waals surface area contributed by atoms with Crippen LogP contribution in [0.25, 0.3) is 6.08 Å². The van der Waals surface area contributed by atoms with Crippen molar-refractivity contribution in [1.82, 2.24) is 14.5 Å². The second-order valence-corrected chi connectivity index (χ2v) is 8.54. The Balaban J connectivity index is 1.49. The summed E-state index contributed by atoms with van der Waals surface area (Å²) in [5.41, 5.74) is 1.76. The van der Waals surface area contributed by atoms with Crippen molar-refractivity contribution in [2.45, 2.75) is 13.0 Å². The molecule has 0 aliphatic heterocycles. The molecule has 0 fully saturated rings. The number of sulfonamides is 1. The van der Waals surface area contributed by atoms with Crippen LogP contribution >= 0.6 is 11.6 Å². The van der Waals surface area contributed by atoms with E-state index < -0.39 is 10.0 Å². The topological polar surface area (TPSA) is 93.1 Å². The van der Waals surface area contributed by atoms with Crippen molar-refractivity contribution in [2.24, 2.45) is 0 Å².